The summed E-state index contributed by atoms with van der Waals surface area (Å²) in [4.78, 5) is 38.4. The third-order valence-corrected chi connectivity index (χ3v) is 15.8. The van der Waals surface area contributed by atoms with E-state index in [0.29, 0.717) is 19.3 Å². The van der Waals surface area contributed by atoms with E-state index in [4.69, 9.17) is 14.2 Å². The topological polar surface area (TPSA) is 78.9 Å². The fourth-order valence-corrected chi connectivity index (χ4v) is 10.4. The van der Waals surface area contributed by atoms with Gasteiger partial charge in [0.15, 0.2) is 6.10 Å². The second-order valence-corrected chi connectivity index (χ2v) is 24.3. The first kappa shape index (κ1) is 71.4. The molecule has 434 valence electrons. The molecule has 0 aromatic rings. The molecule has 2 atom stereocenters. The molecule has 0 heterocycles. The zero-order valence-corrected chi connectivity index (χ0v) is 50.4. The molecule has 0 bridgehead atoms. The average molecular weight is 1030 g/mol. The van der Waals surface area contributed by atoms with Gasteiger partial charge in [-0.3, -0.25) is 14.4 Å². The first-order valence-electron chi connectivity index (χ1n) is 33.1. The highest BCUT2D eigenvalue weighted by molar-refractivity contribution is 5.71. The smallest absolute Gasteiger partial charge is 0.306 e. The molecule has 0 aliphatic heterocycles. The van der Waals surface area contributed by atoms with E-state index in [1.54, 1.807) is 0 Å². The number of rotatable bonds is 60. The molecule has 0 N–H and O–H groups in total. The molecular weight excluding hydrogens is 901 g/mol. The molecule has 0 saturated carbocycles. The van der Waals surface area contributed by atoms with Crippen LogP contribution in [-0.4, -0.2) is 37.2 Å². The van der Waals surface area contributed by atoms with Crippen LogP contribution in [0.1, 0.15) is 375 Å². The Bertz CT molecular complexity index is 1130. The number of esters is 3. The van der Waals surface area contributed by atoms with Crippen molar-refractivity contribution >= 4 is 17.9 Å². The third kappa shape index (κ3) is 59.5. The Morgan fingerprint density at radius 2 is 0.479 bits per heavy atom. The summed E-state index contributed by atoms with van der Waals surface area (Å²) in [5, 5.41) is 0. The van der Waals surface area contributed by atoms with Crippen molar-refractivity contribution in [3.8, 4) is 0 Å². The Kier molecular flexibility index (Phi) is 56.8. The fourth-order valence-electron chi connectivity index (χ4n) is 10.4. The minimum atomic E-state index is -0.765. The van der Waals surface area contributed by atoms with Gasteiger partial charge in [-0.05, 0) is 37.0 Å². The molecule has 0 radical (unpaired) electrons. The summed E-state index contributed by atoms with van der Waals surface area (Å²) in [5.41, 5.74) is 0. The van der Waals surface area contributed by atoms with Gasteiger partial charge in [0.05, 0.1) is 0 Å². The number of carbonyl (C=O) groups excluding carboxylic acids is 3. The van der Waals surface area contributed by atoms with Crippen molar-refractivity contribution in [3.63, 3.8) is 0 Å². The average Bonchev–Trinajstić information content (AvgIpc) is 3.37. The summed E-state index contributed by atoms with van der Waals surface area (Å²) in [6.45, 7) is 13.9. The SMILES string of the molecule is CCC(C)CCCCCCCCCCCCCCCCCCCCC(=O)O[C@H](COC(=O)CCCCCCCCCCCCCCCCCC(C)C)COC(=O)CCCCCCCCCCCCCCC(C)C. The van der Waals surface area contributed by atoms with Crippen molar-refractivity contribution in [2.75, 3.05) is 13.2 Å². The molecule has 0 spiro atoms. The van der Waals surface area contributed by atoms with Gasteiger partial charge in [0.25, 0.3) is 0 Å². The van der Waals surface area contributed by atoms with Crippen LogP contribution in [0.5, 0.6) is 0 Å². The van der Waals surface area contributed by atoms with Crippen LogP contribution in [0.3, 0.4) is 0 Å². The number of unbranched alkanes of at least 4 members (excludes halogenated alkanes) is 42. The molecule has 0 aliphatic carbocycles. The van der Waals surface area contributed by atoms with Crippen LogP contribution < -0.4 is 0 Å². The highest BCUT2D eigenvalue weighted by Gasteiger charge is 2.20. The lowest BCUT2D eigenvalue weighted by Gasteiger charge is -2.18. The molecule has 0 fully saturated rings. The van der Waals surface area contributed by atoms with E-state index in [0.717, 1.165) is 75.5 Å². The Balaban J connectivity index is 4.27. The van der Waals surface area contributed by atoms with Crippen LogP contribution in [-0.2, 0) is 28.6 Å². The van der Waals surface area contributed by atoms with Crippen LogP contribution in [0.25, 0.3) is 0 Å². The van der Waals surface area contributed by atoms with Crippen LogP contribution in [0, 0.1) is 17.8 Å². The maximum Gasteiger partial charge on any atom is 0.306 e. The van der Waals surface area contributed by atoms with Crippen molar-refractivity contribution in [2.45, 2.75) is 382 Å². The van der Waals surface area contributed by atoms with E-state index in [9.17, 15) is 14.4 Å². The van der Waals surface area contributed by atoms with Crippen molar-refractivity contribution in [1.82, 2.24) is 0 Å². The van der Waals surface area contributed by atoms with E-state index in [-0.39, 0.29) is 31.1 Å². The predicted molar refractivity (Wildman–Crippen MR) is 316 cm³/mol. The van der Waals surface area contributed by atoms with Gasteiger partial charge in [-0.25, -0.2) is 0 Å². The van der Waals surface area contributed by atoms with Gasteiger partial charge in [0, 0.05) is 19.3 Å². The fraction of sp³-hybridized carbons (Fsp3) is 0.955. The largest absolute Gasteiger partial charge is 0.462 e. The lowest BCUT2D eigenvalue weighted by atomic mass is 9.99. The van der Waals surface area contributed by atoms with Crippen LogP contribution in [0.15, 0.2) is 0 Å². The van der Waals surface area contributed by atoms with Crippen molar-refractivity contribution in [3.05, 3.63) is 0 Å². The maximum atomic E-state index is 12.9. The van der Waals surface area contributed by atoms with Crippen LogP contribution >= 0.6 is 0 Å². The Morgan fingerprint density at radius 3 is 0.712 bits per heavy atom. The molecule has 0 aliphatic rings. The van der Waals surface area contributed by atoms with E-state index in [2.05, 4.69) is 41.5 Å². The second kappa shape index (κ2) is 58.1. The summed E-state index contributed by atoms with van der Waals surface area (Å²) in [6, 6.07) is 0. The Labute approximate surface area is 457 Å². The van der Waals surface area contributed by atoms with Gasteiger partial charge in [0.1, 0.15) is 13.2 Å². The second-order valence-electron chi connectivity index (χ2n) is 24.3. The first-order valence-corrected chi connectivity index (χ1v) is 33.1. The Morgan fingerprint density at radius 1 is 0.274 bits per heavy atom. The zero-order chi connectivity index (χ0) is 53.3. The molecule has 1 unspecified atom stereocenters. The highest BCUT2D eigenvalue weighted by Crippen LogP contribution is 2.20. The van der Waals surface area contributed by atoms with Crippen LogP contribution in [0.2, 0.25) is 0 Å². The van der Waals surface area contributed by atoms with E-state index in [1.807, 2.05) is 0 Å². The molecule has 6 heteroatoms. The molecule has 0 aromatic heterocycles. The highest BCUT2D eigenvalue weighted by atomic mass is 16.6. The molecule has 73 heavy (non-hydrogen) atoms. The monoisotopic (exact) mass is 1030 g/mol. The third-order valence-electron chi connectivity index (χ3n) is 15.8. The van der Waals surface area contributed by atoms with Crippen LogP contribution in [0.4, 0.5) is 0 Å². The molecule has 0 saturated heterocycles. The van der Waals surface area contributed by atoms with Gasteiger partial charge in [0.2, 0.25) is 0 Å². The van der Waals surface area contributed by atoms with Crippen molar-refractivity contribution in [2.24, 2.45) is 17.8 Å². The summed E-state index contributed by atoms with van der Waals surface area (Å²) in [6.07, 6.45) is 63.9. The van der Waals surface area contributed by atoms with E-state index < -0.39 is 6.10 Å². The molecule has 6 nitrogen and oxygen atoms in total. The first-order chi connectivity index (χ1) is 35.6. The summed E-state index contributed by atoms with van der Waals surface area (Å²) in [7, 11) is 0. The predicted octanol–water partition coefficient (Wildman–Crippen LogP) is 22.2. The normalized spacial score (nSPS) is 12.5. The van der Waals surface area contributed by atoms with E-state index >= 15 is 0 Å². The molecule has 0 amide bonds. The number of hydrogen-bond acceptors (Lipinski definition) is 6. The number of hydrogen-bond donors (Lipinski definition) is 0. The minimum absolute atomic E-state index is 0.0624. The quantitative estimate of drug-likeness (QED) is 0.0343. The van der Waals surface area contributed by atoms with Gasteiger partial charge in [-0.2, -0.15) is 0 Å². The summed E-state index contributed by atoms with van der Waals surface area (Å²) in [5.74, 6) is 1.76. The standard InChI is InChI=1S/C67H130O6/c1-7-63(6)55-49-43-37-31-25-18-14-10-8-9-11-15-20-28-34-40-46-52-58-67(70)73-64(60-72-66(69)57-51-45-39-33-27-22-21-24-30-36-42-48-54-62(4)5)59-71-65(68)56-50-44-38-32-26-19-16-12-13-17-23-29-35-41-47-53-61(2)3/h61-64H,7-60H2,1-6H3/t63?,64-/m1/s1. The molecule has 0 aromatic carbocycles. The lowest BCUT2D eigenvalue weighted by Crippen LogP contribution is -2.30. The van der Waals surface area contributed by atoms with Gasteiger partial charge < -0.3 is 14.2 Å². The molecular formula is C67H130O6. The van der Waals surface area contributed by atoms with Crippen molar-refractivity contribution in [1.29, 1.82) is 0 Å². The summed E-state index contributed by atoms with van der Waals surface area (Å²) >= 11 is 0. The van der Waals surface area contributed by atoms with Gasteiger partial charge in [-0.15, -0.1) is 0 Å². The number of ether oxygens (including phenoxy) is 3. The summed E-state index contributed by atoms with van der Waals surface area (Å²) < 4.78 is 17.0. The van der Waals surface area contributed by atoms with Gasteiger partial charge in [-0.1, -0.05) is 337 Å². The maximum absolute atomic E-state index is 12.9. The van der Waals surface area contributed by atoms with E-state index in [1.165, 1.54) is 257 Å². The van der Waals surface area contributed by atoms with Crippen molar-refractivity contribution < 1.29 is 28.6 Å². The lowest BCUT2D eigenvalue weighted by molar-refractivity contribution is -0.167. The molecule has 0 rings (SSSR count). The Hall–Kier alpha value is -1.59. The van der Waals surface area contributed by atoms with Gasteiger partial charge >= 0.3 is 17.9 Å². The minimum Gasteiger partial charge on any atom is -0.462 e. The zero-order valence-electron chi connectivity index (χ0n) is 50.4. The number of carbonyl (C=O) groups is 3.